The quantitative estimate of drug-likeness (QED) is 0.427. The molecular weight excluding hydrogens is 444 g/mol. The van der Waals surface area contributed by atoms with Crippen molar-refractivity contribution in [1.82, 2.24) is 9.88 Å². The molecule has 1 aliphatic heterocycles. The van der Waals surface area contributed by atoms with Crippen LogP contribution in [0.2, 0.25) is 0 Å². The van der Waals surface area contributed by atoms with Crippen molar-refractivity contribution in [2.24, 2.45) is 5.92 Å². The molecule has 0 N–H and O–H groups in total. The van der Waals surface area contributed by atoms with Gasteiger partial charge in [-0.3, -0.25) is 4.79 Å². The Morgan fingerprint density at radius 3 is 2.51 bits per heavy atom. The predicted molar refractivity (Wildman–Crippen MR) is 136 cm³/mol. The van der Waals surface area contributed by atoms with E-state index in [0.717, 1.165) is 52.9 Å². The maximum atomic E-state index is 13.2. The molecule has 7 nitrogen and oxygen atoms in total. The number of carbonyl (C=O) groups is 1. The number of methoxy groups -OCH3 is 3. The van der Waals surface area contributed by atoms with Gasteiger partial charge in [-0.25, -0.2) is 4.98 Å². The average molecular weight is 479 g/mol. The lowest BCUT2D eigenvalue weighted by Gasteiger charge is -2.28. The predicted octanol–water partition coefficient (Wildman–Crippen LogP) is 5.09. The minimum absolute atomic E-state index is 0.0655. The van der Waals surface area contributed by atoms with Crippen LogP contribution in [0.25, 0.3) is 22.2 Å². The van der Waals surface area contributed by atoms with E-state index in [1.54, 1.807) is 21.3 Å². The van der Waals surface area contributed by atoms with E-state index in [1.165, 1.54) is 0 Å². The molecule has 35 heavy (non-hydrogen) atoms. The molecule has 1 saturated heterocycles. The third kappa shape index (κ3) is 5.51. The van der Waals surface area contributed by atoms with Crippen LogP contribution in [-0.4, -0.2) is 56.4 Å². The molecule has 1 aliphatic rings. The largest absolute Gasteiger partial charge is 0.497 e. The Bertz CT molecular complexity index is 1190. The SMILES string of the molecule is COc1cccc(-c2nc3cc(OC)c(OC)cc3cc2CN(C[C@@H]2CCCO2)C(=O)C(C)C)c1. The highest BCUT2D eigenvalue weighted by atomic mass is 16.5. The Kier molecular flexibility index (Phi) is 7.76. The van der Waals surface area contributed by atoms with Crippen LogP contribution < -0.4 is 14.2 Å². The van der Waals surface area contributed by atoms with Crippen molar-refractivity contribution in [2.45, 2.75) is 39.3 Å². The van der Waals surface area contributed by atoms with Crippen LogP contribution in [-0.2, 0) is 16.1 Å². The topological polar surface area (TPSA) is 70.1 Å². The Morgan fingerprint density at radius 1 is 1.09 bits per heavy atom. The van der Waals surface area contributed by atoms with Gasteiger partial charge in [0.15, 0.2) is 11.5 Å². The van der Waals surface area contributed by atoms with Gasteiger partial charge in [0, 0.05) is 42.6 Å². The summed E-state index contributed by atoms with van der Waals surface area (Å²) in [5, 5.41) is 0.915. The number of pyridine rings is 1. The first-order chi connectivity index (χ1) is 16.9. The van der Waals surface area contributed by atoms with Crippen LogP contribution >= 0.6 is 0 Å². The van der Waals surface area contributed by atoms with Gasteiger partial charge in [0.05, 0.1) is 38.6 Å². The lowest BCUT2D eigenvalue weighted by molar-refractivity contribution is -0.136. The van der Waals surface area contributed by atoms with E-state index in [4.69, 9.17) is 23.9 Å². The summed E-state index contributed by atoms with van der Waals surface area (Å²) in [4.78, 5) is 20.2. The second-order valence-corrected chi connectivity index (χ2v) is 9.14. The molecule has 186 valence electrons. The van der Waals surface area contributed by atoms with Crippen LogP contribution in [0.1, 0.15) is 32.3 Å². The summed E-state index contributed by atoms with van der Waals surface area (Å²) in [6.07, 6.45) is 2.07. The molecule has 0 bridgehead atoms. The zero-order chi connectivity index (χ0) is 24.9. The molecule has 2 heterocycles. The number of rotatable bonds is 9. The molecule has 0 spiro atoms. The van der Waals surface area contributed by atoms with E-state index < -0.39 is 0 Å². The van der Waals surface area contributed by atoms with Crippen molar-refractivity contribution in [3.63, 3.8) is 0 Å². The van der Waals surface area contributed by atoms with Gasteiger partial charge in [0.2, 0.25) is 5.91 Å². The van der Waals surface area contributed by atoms with Gasteiger partial charge in [0.25, 0.3) is 0 Å². The number of nitrogens with zero attached hydrogens (tertiary/aromatic N) is 2. The molecule has 0 unspecified atom stereocenters. The molecule has 1 amide bonds. The van der Waals surface area contributed by atoms with E-state index in [2.05, 4.69) is 6.07 Å². The smallest absolute Gasteiger partial charge is 0.225 e. The lowest BCUT2D eigenvalue weighted by Crippen LogP contribution is -2.39. The van der Waals surface area contributed by atoms with Crippen molar-refractivity contribution in [3.05, 3.63) is 48.0 Å². The van der Waals surface area contributed by atoms with Crippen LogP contribution in [0.3, 0.4) is 0 Å². The van der Waals surface area contributed by atoms with Gasteiger partial charge in [-0.2, -0.15) is 0 Å². The van der Waals surface area contributed by atoms with Gasteiger partial charge in [0.1, 0.15) is 5.75 Å². The monoisotopic (exact) mass is 478 g/mol. The van der Waals surface area contributed by atoms with Crippen LogP contribution in [0.15, 0.2) is 42.5 Å². The van der Waals surface area contributed by atoms with E-state index >= 15 is 0 Å². The maximum Gasteiger partial charge on any atom is 0.225 e. The fourth-order valence-electron chi connectivity index (χ4n) is 4.52. The number of benzene rings is 2. The molecule has 2 aromatic carbocycles. The lowest BCUT2D eigenvalue weighted by atomic mass is 10.0. The van der Waals surface area contributed by atoms with Gasteiger partial charge in [-0.15, -0.1) is 0 Å². The highest BCUT2D eigenvalue weighted by Gasteiger charge is 2.26. The minimum Gasteiger partial charge on any atom is -0.497 e. The van der Waals surface area contributed by atoms with Gasteiger partial charge < -0.3 is 23.8 Å². The molecule has 0 saturated carbocycles. The Hall–Kier alpha value is -3.32. The number of amides is 1. The fraction of sp³-hybridized carbons (Fsp3) is 0.429. The number of carbonyl (C=O) groups excluding carboxylic acids is 1. The van der Waals surface area contributed by atoms with Gasteiger partial charge in [-0.05, 0) is 42.7 Å². The third-order valence-electron chi connectivity index (χ3n) is 6.36. The standard InChI is InChI=1S/C28H34N2O5/c1-18(2)28(31)30(17-23-10-7-11-35-23)16-21-12-20-14-25(33-4)26(34-5)15-24(20)29-27(21)19-8-6-9-22(13-19)32-3/h6,8-9,12-15,18,23H,7,10-11,16-17H2,1-5H3/t23-/m0/s1. The highest BCUT2D eigenvalue weighted by molar-refractivity contribution is 5.87. The molecular formula is C28H34N2O5. The van der Waals surface area contributed by atoms with Crippen LogP contribution in [0.5, 0.6) is 17.2 Å². The summed E-state index contributed by atoms with van der Waals surface area (Å²) in [5.41, 5.74) is 3.46. The average Bonchev–Trinajstić information content (AvgIpc) is 3.39. The number of hydrogen-bond donors (Lipinski definition) is 0. The molecule has 7 heteroatoms. The van der Waals surface area contributed by atoms with Crippen molar-refractivity contribution in [1.29, 1.82) is 0 Å². The molecule has 1 fully saturated rings. The molecule has 0 radical (unpaired) electrons. The zero-order valence-corrected chi connectivity index (χ0v) is 21.2. The summed E-state index contributed by atoms with van der Waals surface area (Å²) in [6.45, 7) is 5.62. The number of fused-ring (bicyclic) bond motifs is 1. The van der Waals surface area contributed by atoms with Crippen molar-refractivity contribution in [3.8, 4) is 28.5 Å². The number of ether oxygens (including phenoxy) is 4. The number of hydrogen-bond acceptors (Lipinski definition) is 6. The van der Waals surface area contributed by atoms with E-state index in [1.807, 2.05) is 55.1 Å². The number of aromatic nitrogens is 1. The zero-order valence-electron chi connectivity index (χ0n) is 21.2. The second kappa shape index (κ2) is 11.0. The van der Waals surface area contributed by atoms with E-state index in [-0.39, 0.29) is 17.9 Å². The van der Waals surface area contributed by atoms with Gasteiger partial charge in [-0.1, -0.05) is 26.0 Å². The maximum absolute atomic E-state index is 13.2. The molecule has 1 atom stereocenters. The van der Waals surface area contributed by atoms with Crippen LogP contribution in [0, 0.1) is 5.92 Å². The Morgan fingerprint density at radius 2 is 1.86 bits per heavy atom. The molecule has 1 aromatic heterocycles. The third-order valence-corrected chi connectivity index (χ3v) is 6.36. The first-order valence-electron chi connectivity index (χ1n) is 12.0. The van der Waals surface area contributed by atoms with Crippen LogP contribution in [0.4, 0.5) is 0 Å². The molecule has 4 rings (SSSR count). The summed E-state index contributed by atoms with van der Waals surface area (Å²) in [5.74, 6) is 1.99. The fourth-order valence-corrected chi connectivity index (χ4v) is 4.52. The van der Waals surface area contributed by atoms with E-state index in [9.17, 15) is 4.79 Å². The summed E-state index contributed by atoms with van der Waals surface area (Å²) in [6, 6.07) is 13.7. The Balaban J connectivity index is 1.84. The normalized spacial score (nSPS) is 15.4. The molecule has 0 aliphatic carbocycles. The van der Waals surface area contributed by atoms with Gasteiger partial charge >= 0.3 is 0 Å². The van der Waals surface area contributed by atoms with Crippen molar-refractivity contribution < 1.29 is 23.7 Å². The summed E-state index contributed by atoms with van der Waals surface area (Å²) >= 11 is 0. The second-order valence-electron chi connectivity index (χ2n) is 9.14. The minimum atomic E-state index is -0.116. The molecule has 3 aromatic rings. The first-order valence-corrected chi connectivity index (χ1v) is 12.0. The summed E-state index contributed by atoms with van der Waals surface area (Å²) < 4.78 is 22.4. The van der Waals surface area contributed by atoms with Crippen molar-refractivity contribution in [2.75, 3.05) is 34.5 Å². The first kappa shape index (κ1) is 24.8. The Labute approximate surface area is 207 Å². The van der Waals surface area contributed by atoms with Crippen molar-refractivity contribution >= 4 is 16.8 Å². The summed E-state index contributed by atoms with van der Waals surface area (Å²) in [7, 11) is 4.88. The highest BCUT2D eigenvalue weighted by Crippen LogP contribution is 2.35. The van der Waals surface area contributed by atoms with E-state index in [0.29, 0.717) is 24.6 Å².